The average Bonchev–Trinajstić information content (AvgIpc) is 3.50. The molecule has 2 saturated heterocycles. The number of nitrogens with zero attached hydrogens (tertiary/aromatic N) is 4. The van der Waals surface area contributed by atoms with E-state index in [9.17, 15) is 19.2 Å². The number of fused-ring (bicyclic) bond motifs is 2. The van der Waals surface area contributed by atoms with Crippen LogP contribution in [0.1, 0.15) is 129 Å². The number of benzene rings is 4. The van der Waals surface area contributed by atoms with Gasteiger partial charge in [-0.2, -0.15) is 0 Å². The molecule has 4 heterocycles. The Hall–Kier alpha value is -6.76. The number of allylic oxidation sites excluding steroid dienone is 6. The van der Waals surface area contributed by atoms with Gasteiger partial charge in [-0.3, -0.25) is 9.59 Å². The Bertz CT molecular complexity index is 2720. The zero-order chi connectivity index (χ0) is 56.6. The van der Waals surface area contributed by atoms with E-state index in [0.29, 0.717) is 81.6 Å². The minimum Gasteiger partial charge on any atom is -0.462 e. The van der Waals surface area contributed by atoms with Gasteiger partial charge in [-0.15, -0.1) is 0 Å². The van der Waals surface area contributed by atoms with Gasteiger partial charge in [-0.05, 0) is 173 Å². The summed E-state index contributed by atoms with van der Waals surface area (Å²) in [7, 11) is 0. The molecular formula is C66H78Cl2N4O8. The molecule has 4 aliphatic heterocycles. The molecule has 4 aromatic carbocycles. The Morgan fingerprint density at radius 2 is 0.887 bits per heavy atom. The zero-order valence-electron chi connectivity index (χ0n) is 47.1. The quantitative estimate of drug-likeness (QED) is 0.0870. The first-order chi connectivity index (χ1) is 38.8. The lowest BCUT2D eigenvalue weighted by molar-refractivity contribution is -0.138. The predicted molar refractivity (Wildman–Crippen MR) is 320 cm³/mol. The summed E-state index contributed by atoms with van der Waals surface area (Å²) < 4.78 is 11.1. The van der Waals surface area contributed by atoms with E-state index in [1.807, 2.05) is 98.2 Å². The van der Waals surface area contributed by atoms with Gasteiger partial charge < -0.3 is 28.9 Å². The van der Waals surface area contributed by atoms with Crippen molar-refractivity contribution in [3.05, 3.63) is 187 Å². The zero-order valence-corrected chi connectivity index (χ0v) is 48.6. The highest BCUT2D eigenvalue weighted by atomic mass is 35.5. The number of carbonyl (C=O) groups excluding carboxylic acids is 4. The summed E-state index contributed by atoms with van der Waals surface area (Å²) in [6.07, 6.45) is 27.4. The van der Waals surface area contributed by atoms with E-state index in [-0.39, 0.29) is 37.9 Å². The molecule has 0 unspecified atom stereocenters. The van der Waals surface area contributed by atoms with E-state index in [4.69, 9.17) is 42.4 Å². The van der Waals surface area contributed by atoms with Crippen molar-refractivity contribution in [2.75, 3.05) is 52.6 Å². The van der Waals surface area contributed by atoms with Crippen LogP contribution in [0.3, 0.4) is 0 Å². The van der Waals surface area contributed by atoms with Gasteiger partial charge >= 0.3 is 11.9 Å². The van der Waals surface area contributed by atoms with Crippen LogP contribution in [0.4, 0.5) is 0 Å². The normalized spacial score (nSPS) is 19.8. The van der Waals surface area contributed by atoms with Gasteiger partial charge in [0, 0.05) is 49.1 Å². The molecule has 0 N–H and O–H groups in total. The molecule has 0 spiro atoms. The van der Waals surface area contributed by atoms with Crippen molar-refractivity contribution in [3.63, 3.8) is 0 Å². The highest BCUT2D eigenvalue weighted by Crippen LogP contribution is 2.32. The standard InChI is InChI=1S/2C33H39ClN2O4/c2*1-24-20-25(2)32(34)29-22-28(14-10-5-3-4-6-11-19-39-33(38)31(24)29)35-40-23-30(37)36-17-15-27(16-18-36)21-26-12-8-7-9-13-26/h2*4,6-10,12-14,20,27H,3,5,11,15-19,21-23H2,1-2H3/b6-4+,14-10+,35-28+;6-4+,14-10+,35-28-. The number of halogens is 2. The predicted octanol–water partition coefficient (Wildman–Crippen LogP) is 13.6. The fourth-order valence-corrected chi connectivity index (χ4v) is 11.1. The number of aryl methyl sites for hydroxylation is 4. The number of ether oxygens (including phenoxy) is 2. The Labute approximate surface area is 483 Å². The summed E-state index contributed by atoms with van der Waals surface area (Å²) in [4.78, 5) is 66.8. The van der Waals surface area contributed by atoms with Crippen molar-refractivity contribution in [2.24, 2.45) is 22.1 Å². The van der Waals surface area contributed by atoms with Gasteiger partial charge in [-0.1, -0.05) is 143 Å². The SMILES string of the molecule is Cc1cc(C)c2c(c1Cl)CC(=N/OCC(=O)N1CCC(Cc3ccccc3)CC1)/C=C/CC/C=C/CCOC2=O.Cc1cc(C)c2c(c1Cl)CC(=N\OCC(=O)N1CCC(Cc3ccccc3)CC1)/C=C/CC/C=C/CCOC2=O. The fourth-order valence-electron chi connectivity index (χ4n) is 10.7. The van der Waals surface area contributed by atoms with Crippen LogP contribution in [0, 0.1) is 39.5 Å². The number of rotatable bonds is 10. The Morgan fingerprint density at radius 1 is 0.525 bits per heavy atom. The summed E-state index contributed by atoms with van der Waals surface area (Å²) in [5.41, 5.74) is 9.50. The molecule has 0 aliphatic carbocycles. The number of piperidine rings is 2. The third kappa shape index (κ3) is 18.7. The first-order valence-corrected chi connectivity index (χ1v) is 29.2. The summed E-state index contributed by atoms with van der Waals surface area (Å²) >= 11 is 13.4. The summed E-state index contributed by atoms with van der Waals surface area (Å²) in [5, 5.41) is 9.70. The number of esters is 2. The Kier molecular flexibility index (Phi) is 24.3. The number of oxime groups is 2. The lowest BCUT2D eigenvalue weighted by Gasteiger charge is -2.31. The largest absolute Gasteiger partial charge is 0.462 e. The van der Waals surface area contributed by atoms with Crippen molar-refractivity contribution in [2.45, 2.75) is 118 Å². The van der Waals surface area contributed by atoms with Gasteiger partial charge in [0.05, 0.1) is 35.8 Å². The van der Waals surface area contributed by atoms with Crippen LogP contribution in [-0.2, 0) is 54.4 Å². The summed E-state index contributed by atoms with van der Waals surface area (Å²) in [5.74, 6) is 0.254. The fraction of sp³-hybridized carbons (Fsp3) is 0.424. The highest BCUT2D eigenvalue weighted by molar-refractivity contribution is 6.33. The van der Waals surface area contributed by atoms with Crippen molar-refractivity contribution >= 4 is 58.4 Å². The molecule has 4 aliphatic rings. The number of carbonyl (C=O) groups is 4. The molecule has 8 rings (SSSR count). The molecule has 2 fully saturated rings. The number of hydrogen-bond acceptors (Lipinski definition) is 10. The highest BCUT2D eigenvalue weighted by Gasteiger charge is 2.27. The maximum atomic E-state index is 13.0. The van der Waals surface area contributed by atoms with Crippen LogP contribution < -0.4 is 0 Å². The second-order valence-electron chi connectivity index (χ2n) is 21.2. The number of cyclic esters (lactones) is 2. The maximum Gasteiger partial charge on any atom is 0.338 e. The summed E-state index contributed by atoms with van der Waals surface area (Å²) in [6, 6.07) is 24.8. The van der Waals surface area contributed by atoms with Crippen molar-refractivity contribution in [1.82, 2.24) is 9.80 Å². The Morgan fingerprint density at radius 3 is 1.27 bits per heavy atom. The number of amides is 2. The average molecular weight is 1130 g/mol. The minimum atomic E-state index is -0.394. The molecular weight excluding hydrogens is 1050 g/mol. The summed E-state index contributed by atoms with van der Waals surface area (Å²) in [6.45, 7) is 10.9. The molecule has 0 aromatic heterocycles. The van der Waals surface area contributed by atoms with E-state index < -0.39 is 11.9 Å². The lowest BCUT2D eigenvalue weighted by Crippen LogP contribution is -2.40. The lowest BCUT2D eigenvalue weighted by atomic mass is 9.90. The van der Waals surface area contributed by atoms with E-state index in [0.717, 1.165) is 113 Å². The van der Waals surface area contributed by atoms with E-state index in [2.05, 4.69) is 71.0 Å². The van der Waals surface area contributed by atoms with Crippen molar-refractivity contribution in [3.8, 4) is 0 Å². The molecule has 0 radical (unpaired) electrons. The molecule has 80 heavy (non-hydrogen) atoms. The van der Waals surface area contributed by atoms with Gasteiger partial charge in [0.1, 0.15) is 0 Å². The van der Waals surface area contributed by atoms with Gasteiger partial charge in [0.25, 0.3) is 11.8 Å². The van der Waals surface area contributed by atoms with Crippen LogP contribution >= 0.6 is 23.2 Å². The van der Waals surface area contributed by atoms with Crippen LogP contribution in [0.25, 0.3) is 0 Å². The third-order valence-electron chi connectivity index (χ3n) is 15.0. The first-order valence-electron chi connectivity index (χ1n) is 28.4. The van der Waals surface area contributed by atoms with Crippen LogP contribution in [-0.4, -0.2) is 97.6 Å². The second kappa shape index (κ2) is 31.9. The van der Waals surface area contributed by atoms with Crippen LogP contribution in [0.2, 0.25) is 10.0 Å². The van der Waals surface area contributed by atoms with Crippen LogP contribution in [0.5, 0.6) is 0 Å². The van der Waals surface area contributed by atoms with Crippen LogP contribution in [0.15, 0.2) is 132 Å². The second-order valence-corrected chi connectivity index (χ2v) is 22.0. The molecule has 12 nitrogen and oxygen atoms in total. The molecule has 424 valence electrons. The van der Waals surface area contributed by atoms with E-state index >= 15 is 0 Å². The molecule has 0 bridgehead atoms. The maximum absolute atomic E-state index is 13.0. The Balaban J connectivity index is 0.000000231. The molecule has 0 saturated carbocycles. The molecule has 14 heteroatoms. The van der Waals surface area contributed by atoms with Gasteiger partial charge in [-0.25, -0.2) is 9.59 Å². The van der Waals surface area contributed by atoms with Gasteiger partial charge in [0.15, 0.2) is 13.2 Å². The minimum absolute atomic E-state index is 0.0637. The number of likely N-dealkylation sites (tertiary alicyclic amines) is 2. The molecule has 4 aromatic rings. The first kappa shape index (κ1) is 60.9. The van der Waals surface area contributed by atoms with E-state index in [1.165, 1.54) is 11.1 Å². The van der Waals surface area contributed by atoms with Crippen molar-refractivity contribution in [1.29, 1.82) is 0 Å². The third-order valence-corrected chi connectivity index (χ3v) is 16.1. The molecule has 2 amide bonds. The smallest absolute Gasteiger partial charge is 0.338 e. The van der Waals surface area contributed by atoms with E-state index in [1.54, 1.807) is 0 Å². The molecule has 0 atom stereocenters. The number of hydrogen-bond donors (Lipinski definition) is 0. The monoisotopic (exact) mass is 1120 g/mol. The topological polar surface area (TPSA) is 136 Å². The van der Waals surface area contributed by atoms with Gasteiger partial charge in [0.2, 0.25) is 0 Å². The van der Waals surface area contributed by atoms with Crippen molar-refractivity contribution < 1.29 is 38.3 Å².